The van der Waals surface area contributed by atoms with Gasteiger partial charge in [0.2, 0.25) is 0 Å². The van der Waals surface area contributed by atoms with Crippen molar-refractivity contribution in [1.82, 2.24) is 15.1 Å². The van der Waals surface area contributed by atoms with Crippen LogP contribution in [0, 0.1) is 0 Å². The molecule has 202 valence electrons. The van der Waals surface area contributed by atoms with Gasteiger partial charge in [0.15, 0.2) is 0 Å². The largest absolute Gasteiger partial charge is 0.379 e. The van der Waals surface area contributed by atoms with Crippen LogP contribution < -0.4 is 11.1 Å². The van der Waals surface area contributed by atoms with E-state index in [0.29, 0.717) is 19.6 Å². The highest BCUT2D eigenvalue weighted by molar-refractivity contribution is 5.87. The van der Waals surface area contributed by atoms with Crippen LogP contribution in [-0.2, 0) is 17.7 Å². The van der Waals surface area contributed by atoms with E-state index in [-0.39, 0.29) is 36.9 Å². The normalized spacial score (nSPS) is 14.3. The van der Waals surface area contributed by atoms with Gasteiger partial charge in [0, 0.05) is 32.7 Å². The van der Waals surface area contributed by atoms with Crippen molar-refractivity contribution < 1.29 is 9.53 Å². The van der Waals surface area contributed by atoms with Crippen molar-refractivity contribution in [3.63, 3.8) is 0 Å². The van der Waals surface area contributed by atoms with Gasteiger partial charge < -0.3 is 20.7 Å². The Hall–Kier alpha value is -2.35. The van der Waals surface area contributed by atoms with Gasteiger partial charge in [-0.25, -0.2) is 4.79 Å². The van der Waals surface area contributed by atoms with Crippen LogP contribution >= 0.6 is 24.8 Å². The fourth-order valence-electron chi connectivity index (χ4n) is 4.74. The van der Waals surface area contributed by atoms with Crippen molar-refractivity contribution in [2.24, 2.45) is 5.73 Å². The van der Waals surface area contributed by atoms with Crippen LogP contribution in [0.4, 0.5) is 4.79 Å². The summed E-state index contributed by atoms with van der Waals surface area (Å²) in [5.41, 5.74) is 9.18. The molecule has 1 saturated heterocycles. The van der Waals surface area contributed by atoms with Gasteiger partial charge in [-0.1, -0.05) is 66.7 Å². The zero-order valence-corrected chi connectivity index (χ0v) is 23.2. The minimum Gasteiger partial charge on any atom is -0.379 e. The number of urea groups is 1. The van der Waals surface area contributed by atoms with Gasteiger partial charge in [0.1, 0.15) is 0 Å². The molecule has 0 radical (unpaired) electrons. The van der Waals surface area contributed by atoms with E-state index in [1.54, 1.807) is 0 Å². The maximum absolute atomic E-state index is 13.5. The quantitative estimate of drug-likeness (QED) is 0.367. The fraction of sp³-hybridized carbons (Fsp3) is 0.414. The number of morpholine rings is 1. The Morgan fingerprint density at radius 1 is 1.00 bits per heavy atom. The molecule has 0 aliphatic carbocycles. The summed E-state index contributed by atoms with van der Waals surface area (Å²) in [4.78, 5) is 17.8. The van der Waals surface area contributed by atoms with E-state index in [1.165, 1.54) is 16.3 Å². The van der Waals surface area contributed by atoms with Gasteiger partial charge in [0.25, 0.3) is 0 Å². The zero-order chi connectivity index (χ0) is 24.5. The van der Waals surface area contributed by atoms with E-state index in [2.05, 4.69) is 71.7 Å². The van der Waals surface area contributed by atoms with Crippen LogP contribution in [0.5, 0.6) is 0 Å². The summed E-state index contributed by atoms with van der Waals surface area (Å²) in [6.07, 6.45) is 1.80. The first-order valence-electron chi connectivity index (χ1n) is 12.7. The van der Waals surface area contributed by atoms with Crippen molar-refractivity contribution >= 4 is 41.6 Å². The number of hydrogen-bond donors (Lipinski definition) is 2. The Bertz CT molecular complexity index is 1090. The number of nitrogens with one attached hydrogen (secondary N) is 1. The monoisotopic (exact) mass is 546 g/mol. The molecule has 0 unspecified atom stereocenters. The lowest BCUT2D eigenvalue weighted by molar-refractivity contribution is 0.0364. The number of halogens is 2. The van der Waals surface area contributed by atoms with Gasteiger partial charge in [-0.2, -0.15) is 0 Å². The topological polar surface area (TPSA) is 70.8 Å². The van der Waals surface area contributed by atoms with E-state index in [9.17, 15) is 4.79 Å². The highest BCUT2D eigenvalue weighted by Crippen LogP contribution is 2.24. The molecule has 1 heterocycles. The lowest BCUT2D eigenvalue weighted by atomic mass is 10.00. The van der Waals surface area contributed by atoms with Crippen molar-refractivity contribution in [3.05, 3.63) is 83.4 Å². The molecule has 1 atom stereocenters. The number of rotatable bonds is 10. The highest BCUT2D eigenvalue weighted by atomic mass is 35.5. The van der Waals surface area contributed by atoms with Crippen molar-refractivity contribution in [2.45, 2.75) is 32.4 Å². The van der Waals surface area contributed by atoms with Gasteiger partial charge in [-0.05, 0) is 53.8 Å². The average molecular weight is 548 g/mol. The Morgan fingerprint density at radius 3 is 2.41 bits per heavy atom. The first-order chi connectivity index (χ1) is 17.1. The van der Waals surface area contributed by atoms with E-state index >= 15 is 0 Å². The van der Waals surface area contributed by atoms with Crippen molar-refractivity contribution in [2.75, 3.05) is 45.9 Å². The number of benzene rings is 3. The Morgan fingerprint density at radius 2 is 1.68 bits per heavy atom. The zero-order valence-electron chi connectivity index (χ0n) is 21.6. The molecule has 0 spiro atoms. The van der Waals surface area contributed by atoms with Crippen LogP contribution in [0.3, 0.4) is 0 Å². The lowest BCUT2D eigenvalue weighted by Gasteiger charge is -2.29. The molecule has 6 nitrogen and oxygen atoms in total. The molecule has 8 heteroatoms. The minimum absolute atomic E-state index is 0. The smallest absolute Gasteiger partial charge is 0.318 e. The molecule has 1 fully saturated rings. The van der Waals surface area contributed by atoms with E-state index in [4.69, 9.17) is 10.5 Å². The van der Waals surface area contributed by atoms with Crippen molar-refractivity contribution in [1.29, 1.82) is 0 Å². The summed E-state index contributed by atoms with van der Waals surface area (Å²) in [7, 11) is 0. The summed E-state index contributed by atoms with van der Waals surface area (Å²) in [6, 6.07) is 22.9. The number of carbonyl (C=O) groups is 1. The fourth-order valence-corrected chi connectivity index (χ4v) is 4.74. The predicted molar refractivity (Wildman–Crippen MR) is 157 cm³/mol. The number of nitrogens with two attached hydrogens (primary N) is 1. The predicted octanol–water partition coefficient (Wildman–Crippen LogP) is 5.18. The lowest BCUT2D eigenvalue weighted by Crippen LogP contribution is -2.43. The molecular formula is C29H40Cl2N4O2. The van der Waals surface area contributed by atoms with Crippen LogP contribution in [0.25, 0.3) is 10.8 Å². The third-order valence-corrected chi connectivity index (χ3v) is 6.75. The SMILES string of the molecule is C[C@H](NC(=O)N(CCCN1CCOCC1)Cc1ccc(CCN)cc1)c1cccc2ccccc12.Cl.Cl. The van der Waals surface area contributed by atoms with E-state index < -0.39 is 0 Å². The van der Waals surface area contributed by atoms with Gasteiger partial charge in [-0.15, -0.1) is 24.8 Å². The second kappa shape index (κ2) is 15.8. The summed E-state index contributed by atoms with van der Waals surface area (Å²) in [6.45, 7) is 8.48. The molecule has 0 saturated carbocycles. The van der Waals surface area contributed by atoms with E-state index in [0.717, 1.165) is 56.8 Å². The standard InChI is InChI=1S/C29H38N4O2.2ClH/c1-23(27-9-4-7-26-6-2-3-8-28(26)27)31-29(34)33(17-5-16-32-18-20-35-21-19-32)22-25-12-10-24(11-13-25)14-15-30;;/h2-4,6-13,23H,5,14-22,30H2,1H3,(H,31,34);2*1H/t23-;;/m0../s1. The summed E-state index contributed by atoms with van der Waals surface area (Å²) < 4.78 is 5.46. The second-order valence-electron chi connectivity index (χ2n) is 9.32. The van der Waals surface area contributed by atoms with Crippen LogP contribution in [0.2, 0.25) is 0 Å². The Labute approximate surface area is 233 Å². The summed E-state index contributed by atoms with van der Waals surface area (Å²) >= 11 is 0. The summed E-state index contributed by atoms with van der Waals surface area (Å²) in [5.74, 6) is 0. The maximum atomic E-state index is 13.5. The number of ether oxygens (including phenoxy) is 1. The number of fused-ring (bicyclic) bond motifs is 1. The number of hydrogen-bond acceptors (Lipinski definition) is 4. The average Bonchev–Trinajstić information content (AvgIpc) is 2.89. The third-order valence-electron chi connectivity index (χ3n) is 6.75. The van der Waals surface area contributed by atoms with Crippen LogP contribution in [0.1, 0.15) is 36.1 Å². The molecule has 37 heavy (non-hydrogen) atoms. The van der Waals surface area contributed by atoms with Crippen molar-refractivity contribution in [3.8, 4) is 0 Å². The molecule has 1 aliphatic heterocycles. The number of carbonyl (C=O) groups excluding carboxylic acids is 1. The minimum atomic E-state index is -0.0951. The van der Waals surface area contributed by atoms with Gasteiger partial charge >= 0.3 is 6.03 Å². The first kappa shape index (κ1) is 30.9. The molecule has 2 amide bonds. The third kappa shape index (κ3) is 8.87. The molecule has 0 bridgehead atoms. The molecule has 1 aliphatic rings. The Balaban J connectivity index is 0.00000241. The molecule has 0 aromatic heterocycles. The summed E-state index contributed by atoms with van der Waals surface area (Å²) in [5, 5.41) is 5.63. The molecule has 3 aromatic rings. The van der Waals surface area contributed by atoms with Gasteiger partial charge in [-0.3, -0.25) is 4.90 Å². The molecular weight excluding hydrogens is 507 g/mol. The number of amides is 2. The van der Waals surface area contributed by atoms with Crippen LogP contribution in [0.15, 0.2) is 66.7 Å². The maximum Gasteiger partial charge on any atom is 0.318 e. The highest BCUT2D eigenvalue weighted by Gasteiger charge is 2.19. The van der Waals surface area contributed by atoms with E-state index in [1.807, 2.05) is 17.0 Å². The molecule has 3 aromatic carbocycles. The first-order valence-corrected chi connectivity index (χ1v) is 12.7. The Kier molecular flexibility index (Phi) is 13.2. The van der Waals surface area contributed by atoms with Crippen LogP contribution in [-0.4, -0.2) is 61.8 Å². The number of nitrogens with zero attached hydrogens (tertiary/aromatic N) is 2. The molecule has 3 N–H and O–H groups in total. The van der Waals surface area contributed by atoms with Gasteiger partial charge in [0.05, 0.1) is 19.3 Å². The molecule has 4 rings (SSSR count). The second-order valence-corrected chi connectivity index (χ2v) is 9.32.